The number of hydrogen-bond acceptors (Lipinski definition) is 4. The van der Waals surface area contributed by atoms with Crippen LogP contribution < -0.4 is 10.1 Å². The minimum atomic E-state index is -0.189. The quantitative estimate of drug-likeness (QED) is 0.855. The zero-order valence-corrected chi connectivity index (χ0v) is 11.8. The van der Waals surface area contributed by atoms with Crippen LogP contribution in [0.4, 0.5) is 0 Å². The fraction of sp³-hybridized carbons (Fsp3) is 0.600. The lowest BCUT2D eigenvalue weighted by molar-refractivity contribution is -0.122. The predicted octanol–water partition coefficient (Wildman–Crippen LogP) is 1.44. The number of rotatable bonds is 5. The SMILES string of the molecule is COc1cncc(CCC(=O)NC2CCC(O)CC2)c1. The molecule has 0 atom stereocenters. The van der Waals surface area contributed by atoms with E-state index in [2.05, 4.69) is 10.3 Å². The van der Waals surface area contributed by atoms with Gasteiger partial charge in [-0.2, -0.15) is 0 Å². The first-order valence-corrected chi connectivity index (χ1v) is 7.12. The molecule has 1 heterocycles. The third kappa shape index (κ3) is 4.49. The van der Waals surface area contributed by atoms with Gasteiger partial charge in [0.15, 0.2) is 0 Å². The van der Waals surface area contributed by atoms with E-state index in [0.29, 0.717) is 18.6 Å². The number of pyridine rings is 1. The van der Waals surface area contributed by atoms with Crippen molar-refractivity contribution in [2.24, 2.45) is 0 Å². The molecule has 1 aliphatic carbocycles. The number of carbonyl (C=O) groups is 1. The number of aromatic nitrogens is 1. The summed E-state index contributed by atoms with van der Waals surface area (Å²) in [4.78, 5) is 16.0. The summed E-state index contributed by atoms with van der Waals surface area (Å²) >= 11 is 0. The first-order chi connectivity index (χ1) is 9.67. The lowest BCUT2D eigenvalue weighted by Crippen LogP contribution is -2.38. The largest absolute Gasteiger partial charge is 0.495 e. The highest BCUT2D eigenvalue weighted by Gasteiger charge is 2.20. The van der Waals surface area contributed by atoms with Gasteiger partial charge in [0.2, 0.25) is 5.91 Å². The maximum Gasteiger partial charge on any atom is 0.220 e. The Morgan fingerprint density at radius 3 is 2.85 bits per heavy atom. The molecule has 1 aromatic heterocycles. The maximum absolute atomic E-state index is 11.9. The molecule has 1 aliphatic rings. The molecule has 2 rings (SSSR count). The summed E-state index contributed by atoms with van der Waals surface area (Å²) in [6.07, 6.45) is 7.63. The van der Waals surface area contributed by atoms with Crippen molar-refractivity contribution in [3.05, 3.63) is 24.0 Å². The average molecular weight is 278 g/mol. The molecule has 0 unspecified atom stereocenters. The van der Waals surface area contributed by atoms with E-state index in [4.69, 9.17) is 4.74 Å². The Kier molecular flexibility index (Phi) is 5.35. The molecule has 0 saturated heterocycles. The molecule has 5 nitrogen and oxygen atoms in total. The summed E-state index contributed by atoms with van der Waals surface area (Å²) in [5.41, 5.74) is 0.999. The Bertz CT molecular complexity index is 442. The maximum atomic E-state index is 11.9. The van der Waals surface area contributed by atoms with Crippen molar-refractivity contribution in [3.63, 3.8) is 0 Å². The van der Waals surface area contributed by atoms with Crippen molar-refractivity contribution in [2.45, 2.75) is 50.7 Å². The summed E-state index contributed by atoms with van der Waals surface area (Å²) in [6.45, 7) is 0. The van der Waals surface area contributed by atoms with Gasteiger partial charge in [0.05, 0.1) is 19.4 Å². The molecule has 1 saturated carbocycles. The van der Waals surface area contributed by atoms with Gasteiger partial charge in [-0.05, 0) is 43.7 Å². The van der Waals surface area contributed by atoms with Gasteiger partial charge in [-0.25, -0.2) is 0 Å². The number of nitrogens with zero attached hydrogens (tertiary/aromatic N) is 1. The van der Waals surface area contributed by atoms with E-state index in [1.54, 1.807) is 19.5 Å². The molecular weight excluding hydrogens is 256 g/mol. The van der Waals surface area contributed by atoms with Gasteiger partial charge in [0.25, 0.3) is 0 Å². The number of aryl methyl sites for hydroxylation is 1. The molecule has 110 valence electrons. The highest BCUT2D eigenvalue weighted by Crippen LogP contribution is 2.18. The Morgan fingerprint density at radius 2 is 2.15 bits per heavy atom. The van der Waals surface area contributed by atoms with Gasteiger partial charge in [-0.15, -0.1) is 0 Å². The summed E-state index contributed by atoms with van der Waals surface area (Å²) in [5.74, 6) is 0.776. The topological polar surface area (TPSA) is 71.5 Å². The second-order valence-corrected chi connectivity index (χ2v) is 5.31. The summed E-state index contributed by atoms with van der Waals surface area (Å²) in [7, 11) is 1.60. The average Bonchev–Trinajstić information content (AvgIpc) is 2.48. The molecule has 0 aliphatic heterocycles. The van der Waals surface area contributed by atoms with Crippen LogP contribution in [0.25, 0.3) is 0 Å². The molecule has 5 heteroatoms. The number of aliphatic hydroxyl groups excluding tert-OH is 1. The van der Waals surface area contributed by atoms with Gasteiger partial charge >= 0.3 is 0 Å². The Labute approximate surface area is 119 Å². The van der Waals surface area contributed by atoms with E-state index in [1.165, 1.54) is 0 Å². The molecule has 0 aromatic carbocycles. The third-order valence-corrected chi connectivity index (χ3v) is 3.71. The summed E-state index contributed by atoms with van der Waals surface area (Å²) in [5, 5.41) is 12.5. The molecule has 20 heavy (non-hydrogen) atoms. The van der Waals surface area contributed by atoms with E-state index in [1.807, 2.05) is 6.07 Å². The number of hydrogen-bond donors (Lipinski definition) is 2. The van der Waals surface area contributed by atoms with Crippen molar-refractivity contribution in [1.29, 1.82) is 0 Å². The lowest BCUT2D eigenvalue weighted by Gasteiger charge is -2.26. The van der Waals surface area contributed by atoms with Crippen molar-refractivity contribution in [1.82, 2.24) is 10.3 Å². The summed E-state index contributed by atoms with van der Waals surface area (Å²) in [6, 6.07) is 2.12. The fourth-order valence-electron chi connectivity index (χ4n) is 2.49. The molecule has 0 spiro atoms. The van der Waals surface area contributed by atoms with E-state index in [-0.39, 0.29) is 18.1 Å². The van der Waals surface area contributed by atoms with Crippen LogP contribution in [-0.2, 0) is 11.2 Å². The van der Waals surface area contributed by atoms with Crippen LogP contribution in [0.15, 0.2) is 18.5 Å². The number of carbonyl (C=O) groups excluding carboxylic acids is 1. The van der Waals surface area contributed by atoms with Crippen molar-refractivity contribution >= 4 is 5.91 Å². The second kappa shape index (κ2) is 7.24. The zero-order chi connectivity index (χ0) is 14.4. The molecule has 1 amide bonds. The highest BCUT2D eigenvalue weighted by molar-refractivity contribution is 5.76. The Morgan fingerprint density at radius 1 is 1.40 bits per heavy atom. The first kappa shape index (κ1) is 14.8. The minimum absolute atomic E-state index is 0.0641. The van der Waals surface area contributed by atoms with Gasteiger partial charge in [0.1, 0.15) is 5.75 Å². The molecule has 1 fully saturated rings. The van der Waals surface area contributed by atoms with Crippen LogP contribution in [-0.4, -0.2) is 35.3 Å². The van der Waals surface area contributed by atoms with E-state index in [0.717, 1.165) is 31.2 Å². The monoisotopic (exact) mass is 278 g/mol. The number of amides is 1. The third-order valence-electron chi connectivity index (χ3n) is 3.71. The molecular formula is C15H22N2O3. The molecule has 0 bridgehead atoms. The van der Waals surface area contributed by atoms with Crippen LogP contribution >= 0.6 is 0 Å². The fourth-order valence-corrected chi connectivity index (χ4v) is 2.49. The van der Waals surface area contributed by atoms with Crippen LogP contribution in [0.1, 0.15) is 37.7 Å². The van der Waals surface area contributed by atoms with Crippen molar-refractivity contribution in [2.75, 3.05) is 7.11 Å². The number of nitrogens with one attached hydrogen (secondary N) is 1. The zero-order valence-electron chi connectivity index (χ0n) is 11.8. The number of ether oxygens (including phenoxy) is 1. The predicted molar refractivity (Wildman–Crippen MR) is 75.5 cm³/mol. The van der Waals surface area contributed by atoms with Gasteiger partial charge in [-0.3, -0.25) is 9.78 Å². The molecule has 0 radical (unpaired) electrons. The normalized spacial score (nSPS) is 22.3. The van der Waals surface area contributed by atoms with Crippen LogP contribution in [0.5, 0.6) is 5.75 Å². The Balaban J connectivity index is 1.74. The van der Waals surface area contributed by atoms with Gasteiger partial charge < -0.3 is 15.2 Å². The van der Waals surface area contributed by atoms with Crippen molar-refractivity contribution < 1.29 is 14.6 Å². The Hall–Kier alpha value is -1.62. The summed E-state index contributed by atoms with van der Waals surface area (Å²) < 4.78 is 5.11. The van der Waals surface area contributed by atoms with Crippen LogP contribution in [0.2, 0.25) is 0 Å². The molecule has 2 N–H and O–H groups in total. The van der Waals surface area contributed by atoms with Crippen LogP contribution in [0, 0.1) is 0 Å². The van der Waals surface area contributed by atoms with Gasteiger partial charge in [-0.1, -0.05) is 0 Å². The van der Waals surface area contributed by atoms with Gasteiger partial charge in [0, 0.05) is 18.7 Å². The molecule has 1 aromatic rings. The van der Waals surface area contributed by atoms with E-state index >= 15 is 0 Å². The number of aliphatic hydroxyl groups is 1. The minimum Gasteiger partial charge on any atom is -0.495 e. The van der Waals surface area contributed by atoms with Crippen LogP contribution in [0.3, 0.4) is 0 Å². The highest BCUT2D eigenvalue weighted by atomic mass is 16.5. The first-order valence-electron chi connectivity index (χ1n) is 7.12. The lowest BCUT2D eigenvalue weighted by atomic mass is 9.93. The van der Waals surface area contributed by atoms with E-state index in [9.17, 15) is 9.90 Å². The second-order valence-electron chi connectivity index (χ2n) is 5.31. The van der Waals surface area contributed by atoms with Crippen molar-refractivity contribution in [3.8, 4) is 5.75 Å². The standard InChI is InChI=1S/C15H22N2O3/c1-20-14-8-11(9-16-10-14)2-7-15(19)17-12-3-5-13(18)6-4-12/h8-10,12-13,18H,2-7H2,1H3,(H,17,19). The van der Waals surface area contributed by atoms with E-state index < -0.39 is 0 Å². The smallest absolute Gasteiger partial charge is 0.220 e. The number of methoxy groups -OCH3 is 1.